The van der Waals surface area contributed by atoms with Gasteiger partial charge in [-0.2, -0.15) is 0 Å². The van der Waals surface area contributed by atoms with Crippen molar-refractivity contribution in [2.75, 3.05) is 33.0 Å². The van der Waals surface area contributed by atoms with Crippen molar-refractivity contribution in [3.8, 4) is 11.5 Å². The smallest absolute Gasteiger partial charge is 0.220 e. The molecule has 0 radical (unpaired) electrons. The molecule has 1 heterocycles. The molecule has 9 heteroatoms. The van der Waals surface area contributed by atoms with E-state index in [9.17, 15) is 9.18 Å². The van der Waals surface area contributed by atoms with Gasteiger partial charge in [-0.3, -0.25) is 4.79 Å². The number of nitrogens with one attached hydrogen (secondary N) is 2. The maximum atomic E-state index is 13.3. The van der Waals surface area contributed by atoms with E-state index in [1.165, 1.54) is 39.9 Å². The van der Waals surface area contributed by atoms with Gasteiger partial charge in [0.05, 0.1) is 19.8 Å². The van der Waals surface area contributed by atoms with Gasteiger partial charge in [0.1, 0.15) is 5.82 Å². The summed E-state index contributed by atoms with van der Waals surface area (Å²) in [6.45, 7) is 1.41. The summed E-state index contributed by atoms with van der Waals surface area (Å²) in [5.74, 6) is 1.19. The highest BCUT2D eigenvalue weighted by Gasteiger charge is 2.41. The first kappa shape index (κ1) is 42.2. The highest BCUT2D eigenvalue weighted by atomic mass is 35.5. The summed E-state index contributed by atoms with van der Waals surface area (Å²) in [7, 11) is 3.37. The summed E-state index contributed by atoms with van der Waals surface area (Å²) in [4.78, 5) is 12.9. The van der Waals surface area contributed by atoms with Crippen LogP contribution in [0.3, 0.4) is 0 Å². The average Bonchev–Trinajstić information content (AvgIpc) is 3.19. The number of anilines is 1. The number of hydrogen-bond donors (Lipinski definition) is 3. The largest absolute Gasteiger partial charge is 0.493 e. The molecule has 4 N–H and O–H groups in total. The van der Waals surface area contributed by atoms with Crippen LogP contribution in [-0.4, -0.2) is 33.2 Å². The van der Waals surface area contributed by atoms with Crippen molar-refractivity contribution in [3.05, 3.63) is 161 Å². The van der Waals surface area contributed by atoms with Crippen molar-refractivity contribution in [1.82, 2.24) is 10.6 Å². The molecule has 0 saturated carbocycles. The predicted molar refractivity (Wildman–Crippen MR) is 222 cm³/mol. The number of benzene rings is 5. The molecule has 0 spiro atoms. The molecule has 0 aliphatic carbocycles. The number of methoxy groups -OCH3 is 2. The second-order valence-corrected chi connectivity index (χ2v) is 13.8. The summed E-state index contributed by atoms with van der Waals surface area (Å²) in [6.07, 6.45) is 6.18. The van der Waals surface area contributed by atoms with Crippen LogP contribution in [0.2, 0.25) is 0 Å². The lowest BCUT2D eigenvalue weighted by Gasteiger charge is -2.43. The number of hydrogen-bond acceptors (Lipinski definition) is 5. The SMILES string of the molecule is COc1cc2c(cc1OC)C(CCCC(CCCNC(=O)CCc1ccc(F)cc1)(c1ccccc1)c1ccccc1)(c1ccc(N)cc1)NCC2.Cl.Cl. The first-order valence-electron chi connectivity index (χ1n) is 18.4. The molecule has 0 fully saturated rings. The van der Waals surface area contributed by atoms with E-state index in [2.05, 4.69) is 95.6 Å². The molecule has 286 valence electrons. The maximum absolute atomic E-state index is 13.3. The van der Waals surface area contributed by atoms with Crippen molar-refractivity contribution in [2.24, 2.45) is 0 Å². The van der Waals surface area contributed by atoms with Gasteiger partial charge in [-0.1, -0.05) is 84.9 Å². The third kappa shape index (κ3) is 9.56. The molecule has 1 aliphatic rings. The van der Waals surface area contributed by atoms with Crippen LogP contribution >= 0.6 is 24.8 Å². The lowest BCUT2D eigenvalue weighted by atomic mass is 9.66. The van der Waals surface area contributed by atoms with Gasteiger partial charge in [0.15, 0.2) is 11.5 Å². The molecule has 5 aromatic rings. The van der Waals surface area contributed by atoms with Crippen LogP contribution in [0, 0.1) is 5.82 Å². The molecule has 54 heavy (non-hydrogen) atoms. The second-order valence-electron chi connectivity index (χ2n) is 13.8. The molecule has 1 atom stereocenters. The Labute approximate surface area is 331 Å². The van der Waals surface area contributed by atoms with Crippen LogP contribution < -0.4 is 25.8 Å². The van der Waals surface area contributed by atoms with Gasteiger partial charge in [-0.15, -0.1) is 24.8 Å². The fourth-order valence-electron chi connectivity index (χ4n) is 8.08. The summed E-state index contributed by atoms with van der Waals surface area (Å²) in [5, 5.41) is 7.12. The van der Waals surface area contributed by atoms with Crippen molar-refractivity contribution in [3.63, 3.8) is 0 Å². The summed E-state index contributed by atoms with van der Waals surface area (Å²) >= 11 is 0. The third-order valence-electron chi connectivity index (χ3n) is 10.8. The molecule has 1 amide bonds. The number of ether oxygens (including phenoxy) is 2. The standard InChI is InChI=1S/C45H50FN3O3.2ClH/c1-51-41-31-34-25-30-49-45(40(34)32-42(41)52-2,37-18-22-39(47)23-19-37)28-9-26-44(35-11-5-3-6-12-35,36-13-7-4-8-14-36)27-10-29-48-43(50)24-17-33-15-20-38(46)21-16-33;;/h3-8,11-16,18-23,31-32,49H,9-10,17,24-30,47H2,1-2H3,(H,48,50);2*1H. The molecule has 1 unspecified atom stereocenters. The molecule has 0 aromatic heterocycles. The highest BCUT2D eigenvalue weighted by Crippen LogP contribution is 2.47. The van der Waals surface area contributed by atoms with Gasteiger partial charge in [0.25, 0.3) is 0 Å². The highest BCUT2D eigenvalue weighted by molar-refractivity contribution is 5.85. The third-order valence-corrected chi connectivity index (χ3v) is 10.8. The van der Waals surface area contributed by atoms with E-state index in [1.807, 2.05) is 12.1 Å². The van der Waals surface area contributed by atoms with Crippen molar-refractivity contribution in [2.45, 2.75) is 62.3 Å². The van der Waals surface area contributed by atoms with E-state index in [0.29, 0.717) is 25.1 Å². The Bertz CT molecular complexity index is 1870. The fourth-order valence-corrected chi connectivity index (χ4v) is 8.08. The fraction of sp³-hybridized carbons (Fsp3) is 0.311. The average molecular weight is 773 g/mol. The summed E-state index contributed by atoms with van der Waals surface area (Å²) in [6, 6.07) is 40.5. The van der Waals surface area contributed by atoms with Gasteiger partial charge < -0.3 is 25.8 Å². The Morgan fingerprint density at radius 1 is 0.815 bits per heavy atom. The van der Waals surface area contributed by atoms with E-state index >= 15 is 0 Å². The first-order chi connectivity index (χ1) is 25.4. The maximum Gasteiger partial charge on any atom is 0.220 e. The Morgan fingerprint density at radius 3 is 2.02 bits per heavy atom. The van der Waals surface area contributed by atoms with Crippen LogP contribution in [0.25, 0.3) is 0 Å². The Kier molecular flexibility index (Phi) is 15.4. The molecule has 6 rings (SSSR count). The lowest BCUT2D eigenvalue weighted by molar-refractivity contribution is -0.121. The van der Waals surface area contributed by atoms with E-state index in [-0.39, 0.29) is 42.0 Å². The van der Waals surface area contributed by atoms with Crippen LogP contribution in [0.1, 0.15) is 71.9 Å². The van der Waals surface area contributed by atoms with Crippen LogP contribution in [0.5, 0.6) is 11.5 Å². The van der Waals surface area contributed by atoms with Gasteiger partial charge in [-0.25, -0.2) is 4.39 Å². The van der Waals surface area contributed by atoms with Gasteiger partial charge in [0, 0.05) is 30.6 Å². The van der Waals surface area contributed by atoms with Crippen molar-refractivity contribution < 1.29 is 18.7 Å². The lowest BCUT2D eigenvalue weighted by Crippen LogP contribution is -2.48. The zero-order valence-corrected chi connectivity index (χ0v) is 32.7. The Morgan fingerprint density at radius 2 is 1.41 bits per heavy atom. The molecule has 5 aromatic carbocycles. The Hall–Kier alpha value is -4.56. The van der Waals surface area contributed by atoms with Crippen LogP contribution in [0.4, 0.5) is 10.1 Å². The number of rotatable bonds is 16. The van der Waals surface area contributed by atoms with Crippen molar-refractivity contribution >= 4 is 36.4 Å². The zero-order chi connectivity index (χ0) is 36.4. The second kappa shape index (κ2) is 19.7. The number of aryl methyl sites for hydroxylation is 1. The number of carbonyl (C=O) groups excluding carboxylic acids is 1. The minimum Gasteiger partial charge on any atom is -0.493 e. The molecule has 6 nitrogen and oxygen atoms in total. The molecule has 0 saturated heterocycles. The van der Waals surface area contributed by atoms with Gasteiger partial charge in [-0.05, 0) is 115 Å². The summed E-state index contributed by atoms with van der Waals surface area (Å²) in [5.41, 5.74) is 13.3. The molecular weight excluding hydrogens is 720 g/mol. The van der Waals surface area contributed by atoms with Crippen LogP contribution in [0.15, 0.2) is 121 Å². The van der Waals surface area contributed by atoms with Gasteiger partial charge in [0.2, 0.25) is 5.91 Å². The minimum absolute atomic E-state index is 0. The monoisotopic (exact) mass is 771 g/mol. The van der Waals surface area contributed by atoms with E-state index in [0.717, 1.165) is 62.1 Å². The number of halogens is 3. The zero-order valence-electron chi connectivity index (χ0n) is 31.1. The predicted octanol–water partition coefficient (Wildman–Crippen LogP) is 9.34. The molecule has 0 bridgehead atoms. The number of amides is 1. The first-order valence-corrected chi connectivity index (χ1v) is 18.4. The normalized spacial score (nSPS) is 14.9. The number of nitrogen functional groups attached to an aromatic ring is 1. The molecular formula is C45H52Cl2FN3O3. The number of nitrogens with two attached hydrogens (primary N) is 1. The van der Waals surface area contributed by atoms with Crippen LogP contribution in [-0.2, 0) is 28.6 Å². The Balaban J connectivity index is 0.00000325. The number of fused-ring (bicyclic) bond motifs is 1. The van der Waals surface area contributed by atoms with Gasteiger partial charge >= 0.3 is 0 Å². The molecule has 1 aliphatic heterocycles. The quantitative estimate of drug-likeness (QED) is 0.0688. The van der Waals surface area contributed by atoms with E-state index in [4.69, 9.17) is 15.2 Å². The minimum atomic E-state index is -0.460. The summed E-state index contributed by atoms with van der Waals surface area (Å²) < 4.78 is 24.9. The topological polar surface area (TPSA) is 85.6 Å². The van der Waals surface area contributed by atoms with E-state index in [1.54, 1.807) is 26.4 Å². The number of carbonyl (C=O) groups is 1. The van der Waals surface area contributed by atoms with Crippen molar-refractivity contribution in [1.29, 1.82) is 0 Å². The van der Waals surface area contributed by atoms with E-state index < -0.39 is 5.54 Å².